The molecule has 45 heavy (non-hydrogen) atoms. The van der Waals surface area contributed by atoms with Gasteiger partial charge in [-0.2, -0.15) is 0 Å². The van der Waals surface area contributed by atoms with Gasteiger partial charge in [0.25, 0.3) is 0 Å². The van der Waals surface area contributed by atoms with Gasteiger partial charge in [0.15, 0.2) is 5.82 Å². The molecule has 4 amide bonds. The second kappa shape index (κ2) is 12.5. The van der Waals surface area contributed by atoms with E-state index < -0.39 is 75.7 Å². The van der Waals surface area contributed by atoms with Gasteiger partial charge < -0.3 is 0 Å². The van der Waals surface area contributed by atoms with E-state index in [1.807, 2.05) is 0 Å². The van der Waals surface area contributed by atoms with Crippen molar-refractivity contribution in [2.75, 3.05) is 30.0 Å². The van der Waals surface area contributed by atoms with Gasteiger partial charge in [0, 0.05) is 0 Å². The summed E-state index contributed by atoms with van der Waals surface area (Å²) in [6.07, 6.45) is -5.99. The third-order valence-electron chi connectivity index (χ3n) is 6.57. The molecule has 2 aromatic carbocycles. The van der Waals surface area contributed by atoms with Crippen LogP contribution >= 0.6 is 11.6 Å². The molecule has 1 saturated heterocycles. The van der Waals surface area contributed by atoms with Crippen LogP contribution in [0.5, 0.6) is 0 Å². The molecule has 1 fully saturated rings. The van der Waals surface area contributed by atoms with Crippen molar-refractivity contribution in [2.24, 2.45) is 0 Å². The number of hydrogen-bond donors (Lipinski definition) is 0. The first-order valence-electron chi connectivity index (χ1n) is 13.3. The van der Waals surface area contributed by atoms with Crippen LogP contribution in [0.1, 0.15) is 39.0 Å². The molecule has 1 atom stereocenters. The molecule has 0 aliphatic carbocycles. The number of carbonyl (C=O) groups is 3. The molecule has 3 aromatic rings. The van der Waals surface area contributed by atoms with Crippen molar-refractivity contribution >= 4 is 72.1 Å². The number of fused-ring (bicyclic) bond motifs is 1. The third kappa shape index (κ3) is 6.90. The molecule has 9 nitrogen and oxygen atoms in total. The minimum absolute atomic E-state index is 0.0403. The van der Waals surface area contributed by atoms with E-state index in [9.17, 15) is 36.3 Å². The Hall–Kier alpha value is -3.81. The third-order valence-corrected chi connectivity index (χ3v) is 7.60. The fourth-order valence-electron chi connectivity index (χ4n) is 4.57. The number of benzene rings is 2. The fourth-order valence-corrected chi connectivity index (χ4v) is 5.20. The maximum atomic E-state index is 14.9. The number of amides is 4. The molecule has 2 heterocycles. The van der Waals surface area contributed by atoms with Gasteiger partial charge in [0.05, 0.1) is 0 Å². The molecule has 1 aliphatic heterocycles. The number of rotatable bonds is 6. The normalized spacial score (nSPS) is 15.4. The molecule has 0 bridgehead atoms. The van der Waals surface area contributed by atoms with Crippen LogP contribution in [0.3, 0.4) is 0 Å². The molecule has 4 rings (SSSR count). The van der Waals surface area contributed by atoms with Gasteiger partial charge in [-0.1, -0.05) is 11.6 Å². The molecule has 0 spiro atoms. The van der Waals surface area contributed by atoms with E-state index in [0.717, 1.165) is 41.1 Å². The Labute approximate surface area is 267 Å². The van der Waals surface area contributed by atoms with Crippen LogP contribution in [-0.2, 0) is 20.4 Å². The minimum atomic E-state index is -4.87. The quantitative estimate of drug-likeness (QED) is 0.174. The Kier molecular flexibility index (Phi) is 9.49. The molecule has 1 aliphatic rings. The summed E-state index contributed by atoms with van der Waals surface area (Å²) in [6.45, 7) is 5.86. The predicted molar refractivity (Wildman–Crippen MR) is 158 cm³/mol. The van der Waals surface area contributed by atoms with Crippen molar-refractivity contribution in [3.05, 3.63) is 64.3 Å². The summed E-state index contributed by atoms with van der Waals surface area (Å²) in [4.78, 5) is 46.9. The molecule has 1 aromatic heterocycles. The average molecular weight is 720 g/mol. The number of urea groups is 1. The van der Waals surface area contributed by atoms with Crippen LogP contribution in [0.15, 0.2) is 36.4 Å². The number of ether oxygens (including phenoxy) is 2. The van der Waals surface area contributed by atoms with E-state index in [0.29, 0.717) is 4.90 Å². The first-order valence-corrected chi connectivity index (χ1v) is 14.5. The van der Waals surface area contributed by atoms with Gasteiger partial charge in [-0.05, 0) is 32.9 Å². The van der Waals surface area contributed by atoms with Crippen molar-refractivity contribution in [2.45, 2.75) is 45.5 Å². The van der Waals surface area contributed by atoms with Crippen molar-refractivity contribution in [1.29, 1.82) is 0 Å². The first kappa shape index (κ1) is 34.1. The van der Waals surface area contributed by atoms with E-state index in [-0.39, 0.29) is 28.1 Å². The number of anilines is 2. The Balaban J connectivity index is 1.86. The van der Waals surface area contributed by atoms with E-state index in [1.165, 1.54) is 12.1 Å². The van der Waals surface area contributed by atoms with Gasteiger partial charge >= 0.3 is 192 Å². The summed E-state index contributed by atoms with van der Waals surface area (Å²) in [5, 5.41) is -1.29. The molecular formula is C29H26ClF5N4O5Se. The van der Waals surface area contributed by atoms with Crippen LogP contribution in [0.4, 0.5) is 42.9 Å². The summed E-state index contributed by atoms with van der Waals surface area (Å²) >= 11 is 8.24. The van der Waals surface area contributed by atoms with Crippen molar-refractivity contribution in [3.8, 4) is 0 Å². The number of likely N-dealkylation sites (N-methyl/N-ethyl adjacent to an activating group) is 1. The monoisotopic (exact) mass is 720 g/mol. The zero-order valence-electron chi connectivity index (χ0n) is 24.5. The van der Waals surface area contributed by atoms with Gasteiger partial charge in [-0.25, -0.2) is 8.78 Å². The van der Waals surface area contributed by atoms with Gasteiger partial charge in [-0.3, -0.25) is 0 Å². The zero-order valence-corrected chi connectivity index (χ0v) is 26.9. The summed E-state index contributed by atoms with van der Waals surface area (Å²) < 4.78 is 82.1. The Morgan fingerprint density at radius 3 is 2.40 bits per heavy atom. The van der Waals surface area contributed by atoms with Gasteiger partial charge in [-0.15, -0.1) is 0 Å². The molecule has 16 heteroatoms. The fraction of sp³-hybridized carbons (Fsp3) is 0.345. The van der Waals surface area contributed by atoms with E-state index in [1.54, 1.807) is 27.7 Å². The second-order valence-corrected chi connectivity index (χ2v) is 12.0. The Morgan fingerprint density at radius 1 is 1.13 bits per heavy atom. The number of nitrogens with zero attached hydrogens (tertiary/aromatic N) is 4. The Morgan fingerprint density at radius 2 is 1.80 bits per heavy atom. The van der Waals surface area contributed by atoms with E-state index in [2.05, 4.69) is 20.6 Å². The molecule has 0 unspecified atom stereocenters. The number of halogens is 6. The van der Waals surface area contributed by atoms with Crippen LogP contribution in [-0.4, -0.2) is 79.9 Å². The van der Waals surface area contributed by atoms with Crippen LogP contribution < -0.4 is 9.80 Å². The molecule has 240 valence electrons. The molecular weight excluding hydrogens is 694 g/mol. The summed E-state index contributed by atoms with van der Waals surface area (Å²) in [7, 11) is 1.13. The maximum absolute atomic E-state index is 14.9. The van der Waals surface area contributed by atoms with Gasteiger partial charge in [0.2, 0.25) is 0 Å². The predicted octanol–water partition coefficient (Wildman–Crippen LogP) is 6.08. The van der Waals surface area contributed by atoms with Crippen molar-refractivity contribution < 1.29 is 45.8 Å². The van der Waals surface area contributed by atoms with E-state index >= 15 is 0 Å². The van der Waals surface area contributed by atoms with Crippen LogP contribution in [0, 0.1) is 11.6 Å². The number of hydrogen-bond acceptors (Lipinski definition) is 6. The topological polar surface area (TPSA) is 92.3 Å². The summed E-state index contributed by atoms with van der Waals surface area (Å²) in [6, 6.07) is 3.41. The number of aromatic nitrogens is 1. The number of carbonyl (C=O) groups excluding carboxylic acids is 3. The first-order chi connectivity index (χ1) is 20.9. The average Bonchev–Trinajstić information content (AvgIpc) is 3.30. The number of pyridine rings is 1. The standard InChI is InChI=1S/C29H26ClF5N4O5Se/c1-6-43-25(45)19-12-16(29(33,34)35)15-11-14(7-9-18(15)36-19)39-21(13-38(26(39)41)27(42)44-28(2,3)4)24(40)37(5)20-10-8-17(31)22(30)23(20)32/h7-12,21H,6,13H2,1-5H3/t21-/m0/s1. The van der Waals surface area contributed by atoms with Gasteiger partial charge in [0.1, 0.15) is 16.4 Å². The second-order valence-electron chi connectivity index (χ2n) is 10.8. The number of imide groups is 1. The molecule has 0 N–H and O–H groups in total. The van der Waals surface area contributed by atoms with Crippen LogP contribution in [0.25, 0.3) is 10.9 Å². The molecule has 0 saturated carbocycles. The summed E-state index contributed by atoms with van der Waals surface area (Å²) in [5.41, 5.74) is -2.99. The van der Waals surface area contributed by atoms with Crippen LogP contribution in [0.2, 0.25) is 5.02 Å². The molecule has 0 radical (unpaired) electrons. The SMILES string of the molecule is CCOC(=[Se])c1cc(C(F)(F)F)c2cc(N3C(=O)N(C(=O)OC(C)(C)C)C[C@H]3C(=O)N(C)c3ccc(F)c(Cl)c3F)ccc2n1. The van der Waals surface area contributed by atoms with Crippen molar-refractivity contribution in [3.63, 3.8) is 0 Å². The Bertz CT molecular complexity index is 1720. The van der Waals surface area contributed by atoms with E-state index in [4.69, 9.17) is 21.1 Å². The zero-order chi connectivity index (χ0) is 33.6. The number of alkyl halides is 3. The van der Waals surface area contributed by atoms with Crippen molar-refractivity contribution in [1.82, 2.24) is 9.88 Å². The summed E-state index contributed by atoms with van der Waals surface area (Å²) in [5.74, 6) is -3.29.